The molecule has 5 nitrogen and oxygen atoms in total. The number of nitrogens with one attached hydrogen (secondary N) is 1. The van der Waals surface area contributed by atoms with E-state index in [1.165, 1.54) is 5.69 Å². The molecular formula is C15H24N4O. The highest BCUT2D eigenvalue weighted by Gasteiger charge is 2.34. The monoisotopic (exact) mass is 276 g/mol. The lowest BCUT2D eigenvalue weighted by Crippen LogP contribution is -2.45. The van der Waals surface area contributed by atoms with Gasteiger partial charge in [-0.3, -0.25) is 9.48 Å². The first-order chi connectivity index (χ1) is 9.78. The van der Waals surface area contributed by atoms with Gasteiger partial charge < -0.3 is 10.2 Å². The summed E-state index contributed by atoms with van der Waals surface area (Å²) in [6.07, 6.45) is 6.21. The van der Waals surface area contributed by atoms with Crippen molar-refractivity contribution in [3.05, 3.63) is 18.0 Å². The lowest BCUT2D eigenvalue weighted by atomic mass is 10.0. The van der Waals surface area contributed by atoms with E-state index in [-0.39, 0.29) is 0 Å². The third-order valence-electron chi connectivity index (χ3n) is 4.41. The predicted octanol–water partition coefficient (Wildman–Crippen LogP) is 1.39. The molecule has 0 unspecified atom stereocenters. The molecule has 0 spiro atoms. The Kier molecular flexibility index (Phi) is 4.05. The molecule has 2 heterocycles. The summed E-state index contributed by atoms with van der Waals surface area (Å²) in [5, 5.41) is 7.89. The smallest absolute Gasteiger partial charge is 0.225 e. The molecule has 3 rings (SSSR count). The fourth-order valence-corrected chi connectivity index (χ4v) is 2.94. The number of carbonyl (C=O) groups is 1. The third-order valence-corrected chi connectivity index (χ3v) is 4.41. The molecule has 110 valence electrons. The molecule has 1 amide bonds. The van der Waals surface area contributed by atoms with E-state index in [1.54, 1.807) is 0 Å². The Balaban J connectivity index is 1.43. The van der Waals surface area contributed by atoms with Crippen LogP contribution in [0.5, 0.6) is 0 Å². The van der Waals surface area contributed by atoms with E-state index in [4.69, 9.17) is 0 Å². The fraction of sp³-hybridized carbons (Fsp3) is 0.733. The molecule has 20 heavy (non-hydrogen) atoms. The fourth-order valence-electron chi connectivity index (χ4n) is 2.94. The Labute approximate surface area is 120 Å². The van der Waals surface area contributed by atoms with Crippen molar-refractivity contribution in [2.24, 2.45) is 5.92 Å². The Morgan fingerprint density at radius 3 is 2.75 bits per heavy atom. The van der Waals surface area contributed by atoms with Gasteiger partial charge in [0.2, 0.25) is 5.91 Å². The van der Waals surface area contributed by atoms with Gasteiger partial charge in [-0.25, -0.2) is 0 Å². The van der Waals surface area contributed by atoms with Gasteiger partial charge in [0.25, 0.3) is 0 Å². The van der Waals surface area contributed by atoms with E-state index in [1.807, 2.05) is 10.9 Å². The molecular weight excluding hydrogens is 252 g/mol. The molecule has 5 heteroatoms. The number of hydrogen-bond acceptors (Lipinski definition) is 3. The van der Waals surface area contributed by atoms with Crippen LogP contribution < -0.4 is 5.32 Å². The summed E-state index contributed by atoms with van der Waals surface area (Å²) in [4.78, 5) is 14.1. The van der Waals surface area contributed by atoms with Gasteiger partial charge in [-0.05, 0) is 38.7 Å². The summed E-state index contributed by atoms with van der Waals surface area (Å²) in [5.74, 6) is 0.755. The molecule has 1 aliphatic carbocycles. The van der Waals surface area contributed by atoms with Crippen LogP contribution in [0.4, 0.5) is 0 Å². The number of nitrogens with zero attached hydrogens (tertiary/aromatic N) is 3. The molecule has 1 N–H and O–H groups in total. The summed E-state index contributed by atoms with van der Waals surface area (Å²) >= 11 is 0. The van der Waals surface area contributed by atoms with Crippen molar-refractivity contribution in [1.29, 1.82) is 0 Å². The van der Waals surface area contributed by atoms with Crippen LogP contribution in [0.2, 0.25) is 0 Å². The molecule has 1 aliphatic heterocycles. The van der Waals surface area contributed by atoms with E-state index in [0.29, 0.717) is 17.9 Å². The van der Waals surface area contributed by atoms with E-state index < -0.39 is 0 Å². The van der Waals surface area contributed by atoms with Crippen molar-refractivity contribution in [3.63, 3.8) is 0 Å². The van der Waals surface area contributed by atoms with E-state index >= 15 is 0 Å². The van der Waals surface area contributed by atoms with Gasteiger partial charge in [0, 0.05) is 44.3 Å². The minimum Gasteiger partial charge on any atom is -0.342 e. The minimum absolute atomic E-state index is 0.360. The molecule has 0 bridgehead atoms. The second-order valence-electron chi connectivity index (χ2n) is 5.89. The predicted molar refractivity (Wildman–Crippen MR) is 77.1 cm³/mol. The maximum absolute atomic E-state index is 12.0. The number of rotatable bonds is 5. The van der Waals surface area contributed by atoms with E-state index in [0.717, 1.165) is 51.9 Å². The highest BCUT2D eigenvalue weighted by molar-refractivity contribution is 5.81. The van der Waals surface area contributed by atoms with Crippen molar-refractivity contribution < 1.29 is 4.79 Å². The SMILES string of the molecule is CCn1nccc1CNC1CCN(C(=O)C2CC2)CC1. The maximum atomic E-state index is 12.0. The van der Waals surface area contributed by atoms with Crippen LogP contribution in [0.3, 0.4) is 0 Å². The van der Waals surface area contributed by atoms with Gasteiger partial charge >= 0.3 is 0 Å². The molecule has 1 aromatic heterocycles. The van der Waals surface area contributed by atoms with Crippen LogP contribution >= 0.6 is 0 Å². The zero-order valence-electron chi connectivity index (χ0n) is 12.2. The van der Waals surface area contributed by atoms with Gasteiger partial charge in [0.05, 0.1) is 5.69 Å². The highest BCUT2D eigenvalue weighted by Crippen LogP contribution is 2.31. The molecule has 2 aliphatic rings. The van der Waals surface area contributed by atoms with Crippen LogP contribution in [-0.2, 0) is 17.9 Å². The number of amides is 1. The summed E-state index contributed by atoms with van der Waals surface area (Å²) in [7, 11) is 0. The first-order valence-corrected chi connectivity index (χ1v) is 7.80. The zero-order chi connectivity index (χ0) is 13.9. The van der Waals surface area contributed by atoms with Crippen LogP contribution in [0.1, 0.15) is 38.3 Å². The van der Waals surface area contributed by atoms with Crippen LogP contribution in [0, 0.1) is 5.92 Å². The second kappa shape index (κ2) is 5.95. The van der Waals surface area contributed by atoms with Gasteiger partial charge in [-0.15, -0.1) is 0 Å². The number of aromatic nitrogens is 2. The van der Waals surface area contributed by atoms with Gasteiger partial charge in [-0.1, -0.05) is 0 Å². The topological polar surface area (TPSA) is 50.2 Å². The van der Waals surface area contributed by atoms with Crippen molar-refractivity contribution in [2.45, 2.75) is 51.7 Å². The molecule has 1 saturated heterocycles. The van der Waals surface area contributed by atoms with Crippen LogP contribution in [0.15, 0.2) is 12.3 Å². The van der Waals surface area contributed by atoms with Crippen molar-refractivity contribution >= 4 is 5.91 Å². The maximum Gasteiger partial charge on any atom is 0.225 e. The lowest BCUT2D eigenvalue weighted by Gasteiger charge is -2.32. The Morgan fingerprint density at radius 1 is 1.35 bits per heavy atom. The Bertz CT molecular complexity index is 458. The number of aryl methyl sites for hydroxylation is 1. The van der Waals surface area contributed by atoms with E-state index in [9.17, 15) is 4.79 Å². The molecule has 0 aromatic carbocycles. The number of piperidine rings is 1. The first kappa shape index (κ1) is 13.6. The van der Waals surface area contributed by atoms with E-state index in [2.05, 4.69) is 28.3 Å². The van der Waals surface area contributed by atoms with Crippen molar-refractivity contribution in [3.8, 4) is 0 Å². The summed E-state index contributed by atoms with van der Waals surface area (Å²) in [6, 6.07) is 2.60. The average molecular weight is 276 g/mol. The first-order valence-electron chi connectivity index (χ1n) is 7.80. The standard InChI is InChI=1S/C15H24N4O/c1-2-19-14(5-8-17-19)11-16-13-6-9-18(10-7-13)15(20)12-3-4-12/h5,8,12-13,16H,2-4,6-7,9-11H2,1H3. The highest BCUT2D eigenvalue weighted by atomic mass is 16.2. The minimum atomic E-state index is 0.360. The Morgan fingerprint density at radius 2 is 2.10 bits per heavy atom. The Hall–Kier alpha value is -1.36. The third kappa shape index (κ3) is 3.03. The van der Waals surface area contributed by atoms with Gasteiger partial charge in [-0.2, -0.15) is 5.10 Å². The number of hydrogen-bond donors (Lipinski definition) is 1. The van der Waals surface area contributed by atoms with Gasteiger partial charge in [0.1, 0.15) is 0 Å². The average Bonchev–Trinajstić information content (AvgIpc) is 3.24. The molecule has 2 fully saturated rings. The molecule has 0 atom stereocenters. The number of likely N-dealkylation sites (tertiary alicyclic amines) is 1. The summed E-state index contributed by atoms with van der Waals surface area (Å²) < 4.78 is 2.03. The van der Waals surface area contributed by atoms with Gasteiger partial charge in [0.15, 0.2) is 0 Å². The second-order valence-corrected chi connectivity index (χ2v) is 5.89. The van der Waals surface area contributed by atoms with Crippen molar-refractivity contribution in [2.75, 3.05) is 13.1 Å². The normalized spacial score (nSPS) is 20.4. The number of carbonyl (C=O) groups excluding carboxylic acids is 1. The summed E-state index contributed by atoms with van der Waals surface area (Å²) in [5.41, 5.74) is 1.24. The van der Waals surface area contributed by atoms with Crippen LogP contribution in [-0.4, -0.2) is 39.7 Å². The molecule has 0 radical (unpaired) electrons. The zero-order valence-corrected chi connectivity index (χ0v) is 12.2. The van der Waals surface area contributed by atoms with Crippen LogP contribution in [0.25, 0.3) is 0 Å². The largest absolute Gasteiger partial charge is 0.342 e. The lowest BCUT2D eigenvalue weighted by molar-refractivity contribution is -0.133. The molecule has 1 aromatic rings. The summed E-state index contributed by atoms with van der Waals surface area (Å²) in [6.45, 7) is 5.73. The van der Waals surface area contributed by atoms with Crippen molar-refractivity contribution in [1.82, 2.24) is 20.0 Å². The molecule has 1 saturated carbocycles. The quantitative estimate of drug-likeness (QED) is 0.884.